The lowest BCUT2D eigenvalue weighted by atomic mass is 10.2. The summed E-state index contributed by atoms with van der Waals surface area (Å²) in [4.78, 5) is 0. The molecule has 0 saturated heterocycles. The molecule has 2 rings (SSSR count). The first kappa shape index (κ1) is 15.1. The molecule has 2 nitrogen and oxygen atoms in total. The van der Waals surface area contributed by atoms with Gasteiger partial charge in [0, 0.05) is 17.6 Å². The molecule has 0 spiro atoms. The molecule has 0 unspecified atom stereocenters. The molecule has 0 bridgehead atoms. The second kappa shape index (κ2) is 8.08. The van der Waals surface area contributed by atoms with E-state index in [0.29, 0.717) is 0 Å². The summed E-state index contributed by atoms with van der Waals surface area (Å²) in [5, 5.41) is 3.45. The second-order valence-electron chi connectivity index (χ2n) is 4.73. The Kier molecular flexibility index (Phi) is 6.09. The van der Waals surface area contributed by atoms with Crippen LogP contribution in [0, 0.1) is 0 Å². The Balaban J connectivity index is 1.84. The minimum atomic E-state index is 0.773. The van der Waals surface area contributed by atoms with Crippen molar-refractivity contribution < 1.29 is 4.74 Å². The highest BCUT2D eigenvalue weighted by Gasteiger charge is 1.98. The molecule has 0 heterocycles. The van der Waals surface area contributed by atoms with Gasteiger partial charge in [-0.1, -0.05) is 47.1 Å². The Morgan fingerprint density at radius 1 is 1.00 bits per heavy atom. The highest BCUT2D eigenvalue weighted by Crippen LogP contribution is 2.14. The van der Waals surface area contributed by atoms with Gasteiger partial charge in [-0.2, -0.15) is 0 Å². The van der Waals surface area contributed by atoms with Crippen molar-refractivity contribution in [2.75, 3.05) is 6.61 Å². The van der Waals surface area contributed by atoms with E-state index in [9.17, 15) is 0 Å². The molecule has 20 heavy (non-hydrogen) atoms. The van der Waals surface area contributed by atoms with Crippen molar-refractivity contribution in [1.82, 2.24) is 5.32 Å². The summed E-state index contributed by atoms with van der Waals surface area (Å²) in [5.74, 6) is 0.952. The lowest BCUT2D eigenvalue weighted by Crippen LogP contribution is -2.12. The van der Waals surface area contributed by atoms with Gasteiger partial charge in [0.25, 0.3) is 0 Å². The maximum Gasteiger partial charge on any atom is 0.119 e. The van der Waals surface area contributed by atoms with Gasteiger partial charge in [-0.3, -0.25) is 0 Å². The van der Waals surface area contributed by atoms with Crippen molar-refractivity contribution in [2.45, 2.75) is 26.4 Å². The van der Waals surface area contributed by atoms with Gasteiger partial charge in [0.2, 0.25) is 0 Å². The molecule has 0 amide bonds. The third-order valence-corrected chi connectivity index (χ3v) is 3.41. The smallest absolute Gasteiger partial charge is 0.119 e. The first-order chi connectivity index (χ1) is 9.78. The Morgan fingerprint density at radius 3 is 2.40 bits per heavy atom. The summed E-state index contributed by atoms with van der Waals surface area (Å²) >= 11 is 3.49. The molecule has 0 atom stereocenters. The van der Waals surface area contributed by atoms with Gasteiger partial charge >= 0.3 is 0 Å². The molecule has 106 valence electrons. The van der Waals surface area contributed by atoms with Crippen LogP contribution >= 0.6 is 15.9 Å². The first-order valence-electron chi connectivity index (χ1n) is 6.95. The van der Waals surface area contributed by atoms with E-state index in [-0.39, 0.29) is 0 Å². The van der Waals surface area contributed by atoms with Crippen molar-refractivity contribution in [3.63, 3.8) is 0 Å². The zero-order valence-corrected chi connectivity index (χ0v) is 13.3. The van der Waals surface area contributed by atoms with Gasteiger partial charge in [0.05, 0.1) is 6.61 Å². The highest BCUT2D eigenvalue weighted by molar-refractivity contribution is 9.10. The third-order valence-electron chi connectivity index (χ3n) is 2.92. The summed E-state index contributed by atoms with van der Waals surface area (Å²) in [6.07, 6.45) is 1.03. The monoisotopic (exact) mass is 333 g/mol. The molecule has 0 radical (unpaired) electrons. The van der Waals surface area contributed by atoms with Gasteiger partial charge in [-0.05, 0) is 41.8 Å². The normalized spacial score (nSPS) is 10.5. The lowest BCUT2D eigenvalue weighted by molar-refractivity contribution is 0.317. The largest absolute Gasteiger partial charge is 0.494 e. The number of rotatable bonds is 7. The van der Waals surface area contributed by atoms with Crippen molar-refractivity contribution in [3.8, 4) is 5.75 Å². The van der Waals surface area contributed by atoms with Crippen LogP contribution < -0.4 is 10.1 Å². The van der Waals surface area contributed by atoms with E-state index in [1.54, 1.807) is 0 Å². The van der Waals surface area contributed by atoms with E-state index in [1.165, 1.54) is 11.1 Å². The van der Waals surface area contributed by atoms with Gasteiger partial charge < -0.3 is 10.1 Å². The van der Waals surface area contributed by atoms with E-state index in [2.05, 4.69) is 58.5 Å². The fraction of sp³-hybridized carbons (Fsp3) is 0.294. The molecule has 3 heteroatoms. The fourth-order valence-corrected chi connectivity index (χ4v) is 2.41. The standard InChI is InChI=1S/C17H20BrNO/c1-2-9-20-17-8-4-6-15(11-17)13-19-12-14-5-3-7-16(18)10-14/h3-8,10-11,19H,2,9,12-13H2,1H3. The van der Waals surface area contributed by atoms with Crippen molar-refractivity contribution >= 4 is 15.9 Å². The molecule has 0 aliphatic rings. The van der Waals surface area contributed by atoms with Gasteiger partial charge in [-0.15, -0.1) is 0 Å². The molecular weight excluding hydrogens is 314 g/mol. The maximum atomic E-state index is 5.64. The number of hydrogen-bond donors (Lipinski definition) is 1. The molecule has 0 aliphatic carbocycles. The van der Waals surface area contributed by atoms with Crippen LogP contribution in [0.25, 0.3) is 0 Å². The van der Waals surface area contributed by atoms with Crippen LogP contribution in [-0.2, 0) is 13.1 Å². The topological polar surface area (TPSA) is 21.3 Å². The van der Waals surface area contributed by atoms with Crippen LogP contribution in [-0.4, -0.2) is 6.61 Å². The highest BCUT2D eigenvalue weighted by atomic mass is 79.9. The second-order valence-corrected chi connectivity index (χ2v) is 5.65. The maximum absolute atomic E-state index is 5.64. The molecular formula is C17H20BrNO. The quantitative estimate of drug-likeness (QED) is 0.803. The minimum absolute atomic E-state index is 0.773. The summed E-state index contributed by atoms with van der Waals surface area (Å²) in [7, 11) is 0. The average Bonchev–Trinajstić information content (AvgIpc) is 2.46. The lowest BCUT2D eigenvalue weighted by Gasteiger charge is -2.08. The molecule has 0 fully saturated rings. The Bertz CT molecular complexity index is 542. The van der Waals surface area contributed by atoms with Crippen LogP contribution in [0.1, 0.15) is 24.5 Å². The molecule has 0 aromatic heterocycles. The van der Waals surface area contributed by atoms with Gasteiger partial charge in [-0.25, -0.2) is 0 Å². The number of hydrogen-bond acceptors (Lipinski definition) is 2. The third kappa shape index (κ3) is 4.99. The predicted octanol–water partition coefficient (Wildman–Crippen LogP) is 4.53. The van der Waals surface area contributed by atoms with Crippen LogP contribution in [0.15, 0.2) is 53.0 Å². The SMILES string of the molecule is CCCOc1cccc(CNCc2cccc(Br)c2)c1. The Hall–Kier alpha value is -1.32. The van der Waals surface area contributed by atoms with Crippen LogP contribution in [0.5, 0.6) is 5.75 Å². The van der Waals surface area contributed by atoms with E-state index in [0.717, 1.165) is 36.3 Å². The zero-order valence-electron chi connectivity index (χ0n) is 11.7. The number of nitrogens with one attached hydrogen (secondary N) is 1. The number of halogens is 1. The predicted molar refractivity (Wildman–Crippen MR) is 86.9 cm³/mol. The van der Waals surface area contributed by atoms with E-state index in [1.807, 2.05) is 18.2 Å². The molecule has 0 saturated carbocycles. The van der Waals surface area contributed by atoms with Crippen molar-refractivity contribution in [2.24, 2.45) is 0 Å². The fourth-order valence-electron chi connectivity index (χ4n) is 1.96. The Morgan fingerprint density at radius 2 is 1.70 bits per heavy atom. The van der Waals surface area contributed by atoms with Gasteiger partial charge in [0.1, 0.15) is 5.75 Å². The van der Waals surface area contributed by atoms with Crippen molar-refractivity contribution in [1.29, 1.82) is 0 Å². The summed E-state index contributed by atoms with van der Waals surface area (Å²) in [5.41, 5.74) is 2.52. The molecule has 1 N–H and O–H groups in total. The van der Waals surface area contributed by atoms with E-state index in [4.69, 9.17) is 4.74 Å². The number of benzene rings is 2. The number of ether oxygens (including phenoxy) is 1. The molecule has 0 aliphatic heterocycles. The average molecular weight is 334 g/mol. The minimum Gasteiger partial charge on any atom is -0.494 e. The molecule has 2 aromatic rings. The van der Waals surface area contributed by atoms with Crippen LogP contribution in [0.2, 0.25) is 0 Å². The van der Waals surface area contributed by atoms with Crippen molar-refractivity contribution in [3.05, 3.63) is 64.1 Å². The first-order valence-corrected chi connectivity index (χ1v) is 7.74. The van der Waals surface area contributed by atoms with Crippen LogP contribution in [0.3, 0.4) is 0 Å². The van der Waals surface area contributed by atoms with Gasteiger partial charge in [0.15, 0.2) is 0 Å². The summed E-state index contributed by atoms with van der Waals surface area (Å²) in [6, 6.07) is 16.6. The zero-order chi connectivity index (χ0) is 14.2. The van der Waals surface area contributed by atoms with E-state index >= 15 is 0 Å². The Labute approximate surface area is 129 Å². The summed E-state index contributed by atoms with van der Waals surface area (Å²) in [6.45, 7) is 4.59. The van der Waals surface area contributed by atoms with Crippen LogP contribution in [0.4, 0.5) is 0 Å². The molecule has 2 aromatic carbocycles. The van der Waals surface area contributed by atoms with E-state index < -0.39 is 0 Å². The summed E-state index contributed by atoms with van der Waals surface area (Å²) < 4.78 is 6.76.